The highest BCUT2D eigenvalue weighted by Gasteiger charge is 2.18. The summed E-state index contributed by atoms with van der Waals surface area (Å²) in [5, 5.41) is 8.59. The highest BCUT2D eigenvalue weighted by atomic mass is 35.5. The molecule has 1 aliphatic rings. The molecule has 0 aliphatic carbocycles. The summed E-state index contributed by atoms with van der Waals surface area (Å²) in [7, 11) is 0. The summed E-state index contributed by atoms with van der Waals surface area (Å²) in [6.07, 6.45) is 3.17. The van der Waals surface area contributed by atoms with E-state index in [1.165, 1.54) is 0 Å². The first-order valence-electron chi connectivity index (χ1n) is 9.99. The van der Waals surface area contributed by atoms with Crippen molar-refractivity contribution >= 4 is 34.9 Å². The summed E-state index contributed by atoms with van der Waals surface area (Å²) in [6, 6.07) is 5.21. The monoisotopic (exact) mass is 447 g/mol. The van der Waals surface area contributed by atoms with E-state index in [2.05, 4.69) is 20.4 Å². The molecule has 0 unspecified atom stereocenters. The fourth-order valence-corrected chi connectivity index (χ4v) is 4.21. The minimum absolute atomic E-state index is 0.0108. The lowest BCUT2D eigenvalue weighted by molar-refractivity contribution is -0.121. The Bertz CT molecular complexity index is 1090. The average molecular weight is 448 g/mol. The molecule has 3 heterocycles. The second-order valence-corrected chi connectivity index (χ2v) is 8.32. The predicted octanol–water partition coefficient (Wildman–Crippen LogP) is 3.94. The van der Waals surface area contributed by atoms with Crippen LogP contribution in [-0.4, -0.2) is 44.7 Å². The van der Waals surface area contributed by atoms with Gasteiger partial charge in [0.2, 0.25) is 5.91 Å². The zero-order chi connectivity index (χ0) is 21.3. The molecule has 0 saturated carbocycles. The Kier molecular flexibility index (Phi) is 6.22. The smallest absolute Gasteiger partial charge is 0.253 e. The maximum Gasteiger partial charge on any atom is 0.253 e. The number of amides is 1. The van der Waals surface area contributed by atoms with Gasteiger partial charge < -0.3 is 10.1 Å². The molecule has 0 spiro atoms. The quantitative estimate of drug-likeness (QED) is 0.618. The molecule has 158 valence electrons. The molecule has 7 nitrogen and oxygen atoms in total. The molecule has 3 aromatic rings. The van der Waals surface area contributed by atoms with Crippen LogP contribution >= 0.6 is 23.2 Å². The number of hydrogen-bond donors (Lipinski definition) is 1. The number of rotatable bonds is 6. The standard InChI is InChI=1S/C21H23Cl2N5O2/c1-12-16(7-8-19(29)24-11-15-4-3-9-30-15)13(2)28-21(25-12)26-20(27-28)17-6-5-14(22)10-18(17)23/h5-6,10,15H,3-4,7-9,11H2,1-2H3,(H,24,29)/t15-/m1/s1. The van der Waals surface area contributed by atoms with E-state index in [0.717, 1.165) is 36.4 Å². The first kappa shape index (κ1) is 21.0. The van der Waals surface area contributed by atoms with Crippen LogP contribution in [0.3, 0.4) is 0 Å². The fourth-order valence-electron chi connectivity index (χ4n) is 3.71. The number of aryl methyl sites for hydroxylation is 2. The second kappa shape index (κ2) is 8.88. The van der Waals surface area contributed by atoms with Gasteiger partial charge in [-0.3, -0.25) is 4.79 Å². The van der Waals surface area contributed by atoms with Gasteiger partial charge in [-0.25, -0.2) is 9.50 Å². The maximum atomic E-state index is 12.3. The lowest BCUT2D eigenvalue weighted by Gasteiger charge is -2.12. The minimum Gasteiger partial charge on any atom is -0.376 e. The Balaban J connectivity index is 1.51. The Labute approximate surface area is 184 Å². The van der Waals surface area contributed by atoms with Crippen molar-refractivity contribution in [1.82, 2.24) is 24.9 Å². The molecule has 2 aromatic heterocycles. The molecule has 1 amide bonds. The third-order valence-corrected chi connectivity index (χ3v) is 5.92. The average Bonchev–Trinajstić information content (AvgIpc) is 3.36. The van der Waals surface area contributed by atoms with Crippen molar-refractivity contribution in [2.45, 2.75) is 45.6 Å². The number of halogens is 2. The van der Waals surface area contributed by atoms with Gasteiger partial charge in [0.05, 0.1) is 11.1 Å². The molecule has 0 bridgehead atoms. The molecule has 0 radical (unpaired) electrons. The molecule has 1 atom stereocenters. The summed E-state index contributed by atoms with van der Waals surface area (Å²) in [5.41, 5.74) is 3.44. The van der Waals surface area contributed by atoms with E-state index in [1.54, 1.807) is 22.7 Å². The molecule has 1 fully saturated rings. The van der Waals surface area contributed by atoms with Gasteiger partial charge in [-0.1, -0.05) is 23.2 Å². The van der Waals surface area contributed by atoms with Crippen LogP contribution in [0.5, 0.6) is 0 Å². The summed E-state index contributed by atoms with van der Waals surface area (Å²) >= 11 is 12.3. The Hall–Kier alpha value is -2.22. The van der Waals surface area contributed by atoms with Crippen LogP contribution in [-0.2, 0) is 16.0 Å². The van der Waals surface area contributed by atoms with Gasteiger partial charge in [-0.05, 0) is 56.9 Å². The fraction of sp³-hybridized carbons (Fsp3) is 0.429. The third-order valence-electron chi connectivity index (χ3n) is 5.37. The first-order valence-corrected chi connectivity index (χ1v) is 10.7. The van der Waals surface area contributed by atoms with Gasteiger partial charge in [0, 0.05) is 41.5 Å². The van der Waals surface area contributed by atoms with Crippen molar-refractivity contribution in [1.29, 1.82) is 0 Å². The molecule has 4 rings (SSSR count). The zero-order valence-electron chi connectivity index (χ0n) is 16.9. The minimum atomic E-state index is 0.0108. The molecule has 9 heteroatoms. The third kappa shape index (κ3) is 4.43. The number of carbonyl (C=O) groups excluding carboxylic acids is 1. The zero-order valence-corrected chi connectivity index (χ0v) is 18.4. The highest BCUT2D eigenvalue weighted by Crippen LogP contribution is 2.29. The van der Waals surface area contributed by atoms with Gasteiger partial charge in [-0.2, -0.15) is 4.98 Å². The van der Waals surface area contributed by atoms with Crippen LogP contribution < -0.4 is 5.32 Å². The van der Waals surface area contributed by atoms with Crippen molar-refractivity contribution in [3.05, 3.63) is 45.2 Å². The van der Waals surface area contributed by atoms with E-state index in [-0.39, 0.29) is 12.0 Å². The van der Waals surface area contributed by atoms with Crippen molar-refractivity contribution in [2.75, 3.05) is 13.2 Å². The Morgan fingerprint density at radius 3 is 2.87 bits per heavy atom. The van der Waals surface area contributed by atoms with Gasteiger partial charge in [0.25, 0.3) is 5.78 Å². The summed E-state index contributed by atoms with van der Waals surface area (Å²) < 4.78 is 7.25. The lowest BCUT2D eigenvalue weighted by atomic mass is 10.1. The van der Waals surface area contributed by atoms with E-state index in [9.17, 15) is 4.79 Å². The molecule has 1 aliphatic heterocycles. The van der Waals surface area contributed by atoms with E-state index in [0.29, 0.717) is 46.6 Å². The number of nitrogens with one attached hydrogen (secondary N) is 1. The van der Waals surface area contributed by atoms with Gasteiger partial charge in [0.1, 0.15) is 0 Å². The van der Waals surface area contributed by atoms with Crippen LogP contribution in [0.1, 0.15) is 36.2 Å². The predicted molar refractivity (Wildman–Crippen MR) is 116 cm³/mol. The van der Waals surface area contributed by atoms with E-state index in [1.807, 2.05) is 13.8 Å². The number of fused-ring (bicyclic) bond motifs is 1. The summed E-state index contributed by atoms with van der Waals surface area (Å²) in [5.74, 6) is 0.993. The SMILES string of the molecule is Cc1nc2nc(-c3ccc(Cl)cc3Cl)nn2c(C)c1CCC(=O)NC[C@H]1CCCO1. The number of aromatic nitrogens is 4. The van der Waals surface area contributed by atoms with E-state index < -0.39 is 0 Å². The van der Waals surface area contributed by atoms with Crippen LogP contribution in [0.4, 0.5) is 0 Å². The topological polar surface area (TPSA) is 81.4 Å². The van der Waals surface area contributed by atoms with Crippen LogP contribution in [0.2, 0.25) is 10.0 Å². The summed E-state index contributed by atoms with van der Waals surface area (Å²) in [6.45, 7) is 5.24. The van der Waals surface area contributed by atoms with Crippen LogP contribution in [0.25, 0.3) is 17.2 Å². The van der Waals surface area contributed by atoms with Crippen molar-refractivity contribution in [3.63, 3.8) is 0 Å². The highest BCUT2D eigenvalue weighted by molar-refractivity contribution is 6.36. The van der Waals surface area contributed by atoms with Gasteiger partial charge >= 0.3 is 0 Å². The first-order chi connectivity index (χ1) is 14.4. The lowest BCUT2D eigenvalue weighted by Crippen LogP contribution is -2.32. The summed E-state index contributed by atoms with van der Waals surface area (Å²) in [4.78, 5) is 21.4. The number of nitrogens with zero attached hydrogens (tertiary/aromatic N) is 4. The molecule has 1 saturated heterocycles. The number of carbonyl (C=O) groups is 1. The van der Waals surface area contributed by atoms with Crippen molar-refractivity contribution < 1.29 is 9.53 Å². The maximum absolute atomic E-state index is 12.3. The number of ether oxygens (including phenoxy) is 1. The molecular formula is C21H23Cl2N5O2. The second-order valence-electron chi connectivity index (χ2n) is 7.47. The Morgan fingerprint density at radius 2 is 2.13 bits per heavy atom. The van der Waals surface area contributed by atoms with Crippen molar-refractivity contribution in [3.8, 4) is 11.4 Å². The van der Waals surface area contributed by atoms with E-state index >= 15 is 0 Å². The molecular weight excluding hydrogens is 425 g/mol. The van der Waals surface area contributed by atoms with Crippen molar-refractivity contribution in [2.24, 2.45) is 0 Å². The normalized spacial score (nSPS) is 16.3. The van der Waals surface area contributed by atoms with Gasteiger partial charge in [0.15, 0.2) is 5.82 Å². The Morgan fingerprint density at radius 1 is 1.30 bits per heavy atom. The van der Waals surface area contributed by atoms with E-state index in [4.69, 9.17) is 27.9 Å². The molecule has 1 aromatic carbocycles. The number of hydrogen-bond acceptors (Lipinski definition) is 5. The molecule has 1 N–H and O–H groups in total. The number of benzene rings is 1. The molecule has 30 heavy (non-hydrogen) atoms. The largest absolute Gasteiger partial charge is 0.376 e. The van der Waals surface area contributed by atoms with Crippen LogP contribution in [0, 0.1) is 13.8 Å². The van der Waals surface area contributed by atoms with Gasteiger partial charge in [-0.15, -0.1) is 5.10 Å². The van der Waals surface area contributed by atoms with Crippen LogP contribution in [0.15, 0.2) is 18.2 Å².